The number of halogens is 1. The number of benzene rings is 2. The lowest BCUT2D eigenvalue weighted by molar-refractivity contribution is 0.0686. The van der Waals surface area contributed by atoms with Crippen molar-refractivity contribution in [1.29, 1.82) is 0 Å². The van der Waals surface area contributed by atoms with Crippen molar-refractivity contribution in [1.82, 2.24) is 24.8 Å². The van der Waals surface area contributed by atoms with E-state index < -0.39 is 0 Å². The quantitative estimate of drug-likeness (QED) is 0.335. The van der Waals surface area contributed by atoms with Gasteiger partial charge < -0.3 is 13.8 Å². The maximum absolute atomic E-state index is 13.7. The zero-order chi connectivity index (χ0) is 24.5. The van der Waals surface area contributed by atoms with E-state index in [0.717, 1.165) is 18.5 Å². The lowest BCUT2D eigenvalue weighted by Crippen LogP contribution is -2.40. The molecule has 0 N–H and O–H groups in total. The van der Waals surface area contributed by atoms with Gasteiger partial charge in [0.2, 0.25) is 11.7 Å². The highest BCUT2D eigenvalue weighted by Gasteiger charge is 2.31. The van der Waals surface area contributed by atoms with E-state index in [1.807, 2.05) is 36.4 Å². The van der Waals surface area contributed by atoms with E-state index in [1.165, 1.54) is 12.1 Å². The maximum Gasteiger partial charge on any atom is 0.272 e. The molecule has 2 aromatic carbocycles. The molecule has 1 saturated heterocycles. The summed E-state index contributed by atoms with van der Waals surface area (Å²) in [5, 5.41) is 8.70. The molecule has 8 nitrogen and oxygen atoms in total. The summed E-state index contributed by atoms with van der Waals surface area (Å²) in [4.78, 5) is 20.0. The number of likely N-dealkylation sites (tertiary alicyclic amines) is 1. The van der Waals surface area contributed by atoms with Crippen LogP contribution >= 0.6 is 0 Å². The molecule has 180 valence electrons. The van der Waals surface area contributed by atoms with E-state index in [4.69, 9.17) is 8.94 Å². The molecule has 9 heteroatoms. The summed E-state index contributed by atoms with van der Waals surface area (Å²) in [5.74, 6) is 0.745. The van der Waals surface area contributed by atoms with Crippen molar-refractivity contribution in [2.75, 3.05) is 13.1 Å². The molecule has 4 heterocycles. The van der Waals surface area contributed by atoms with Crippen LogP contribution in [0, 0.1) is 5.82 Å². The number of hydrogen-bond acceptors (Lipinski definition) is 6. The minimum atomic E-state index is -0.364. The highest BCUT2D eigenvalue weighted by atomic mass is 19.1. The van der Waals surface area contributed by atoms with Gasteiger partial charge in [-0.05, 0) is 49.2 Å². The van der Waals surface area contributed by atoms with Crippen molar-refractivity contribution in [3.63, 3.8) is 0 Å². The van der Waals surface area contributed by atoms with Crippen LogP contribution in [0.5, 0.6) is 0 Å². The zero-order valence-corrected chi connectivity index (χ0v) is 19.3. The molecule has 0 aliphatic carbocycles. The Balaban J connectivity index is 1.28. The Kier molecular flexibility index (Phi) is 5.65. The average molecular weight is 484 g/mol. The first kappa shape index (κ1) is 22.0. The van der Waals surface area contributed by atoms with Gasteiger partial charge in [-0.15, -0.1) is 0 Å². The molecule has 3 aromatic heterocycles. The largest absolute Gasteiger partial charge is 0.463 e. The van der Waals surface area contributed by atoms with E-state index in [9.17, 15) is 9.18 Å². The first-order valence-electron chi connectivity index (χ1n) is 11.7. The SMILES string of the molecule is O=C(c1cc(-c2ccco2)nn1-c1ccccc1)N1CCCC(c2nc(-c3cccc(F)c3)no2)C1. The summed E-state index contributed by atoms with van der Waals surface area (Å²) in [6.07, 6.45) is 3.18. The highest BCUT2D eigenvalue weighted by molar-refractivity contribution is 5.94. The average Bonchev–Trinajstić information content (AvgIpc) is 3.69. The maximum atomic E-state index is 13.7. The number of rotatable bonds is 5. The number of piperidine rings is 1. The summed E-state index contributed by atoms with van der Waals surface area (Å²) in [6.45, 7) is 1.04. The minimum Gasteiger partial charge on any atom is -0.463 e. The Bertz CT molecular complexity index is 1490. The van der Waals surface area contributed by atoms with Crippen molar-refractivity contribution >= 4 is 5.91 Å². The normalized spacial score (nSPS) is 15.8. The van der Waals surface area contributed by atoms with Crippen LogP contribution in [0.25, 0.3) is 28.5 Å². The van der Waals surface area contributed by atoms with E-state index in [-0.39, 0.29) is 17.6 Å². The molecular weight excluding hydrogens is 461 g/mol. The molecule has 1 aliphatic rings. The summed E-state index contributed by atoms with van der Waals surface area (Å²) < 4.78 is 26.3. The van der Waals surface area contributed by atoms with Gasteiger partial charge in [-0.2, -0.15) is 10.1 Å². The fourth-order valence-corrected chi connectivity index (χ4v) is 4.52. The number of furan rings is 1. The monoisotopic (exact) mass is 483 g/mol. The summed E-state index contributed by atoms with van der Waals surface area (Å²) >= 11 is 0. The summed E-state index contributed by atoms with van der Waals surface area (Å²) in [6, 6.07) is 21.0. The predicted molar refractivity (Wildman–Crippen MR) is 129 cm³/mol. The van der Waals surface area contributed by atoms with Crippen LogP contribution in [0.15, 0.2) is 88.0 Å². The number of aromatic nitrogens is 4. The molecule has 1 atom stereocenters. The number of carbonyl (C=O) groups is 1. The van der Waals surface area contributed by atoms with Crippen LogP contribution in [0.3, 0.4) is 0 Å². The molecule has 1 fully saturated rings. The van der Waals surface area contributed by atoms with Crippen molar-refractivity contribution in [3.05, 3.63) is 96.5 Å². The van der Waals surface area contributed by atoms with Crippen LogP contribution in [-0.4, -0.2) is 43.8 Å². The molecule has 0 bridgehead atoms. The number of carbonyl (C=O) groups excluding carboxylic acids is 1. The van der Waals surface area contributed by atoms with E-state index in [0.29, 0.717) is 47.5 Å². The minimum absolute atomic E-state index is 0.116. The topological polar surface area (TPSA) is 90.2 Å². The molecule has 36 heavy (non-hydrogen) atoms. The van der Waals surface area contributed by atoms with Crippen LogP contribution in [0.2, 0.25) is 0 Å². The van der Waals surface area contributed by atoms with Gasteiger partial charge in [0, 0.05) is 24.7 Å². The second-order valence-corrected chi connectivity index (χ2v) is 8.70. The van der Waals surface area contributed by atoms with Gasteiger partial charge in [-0.25, -0.2) is 9.07 Å². The van der Waals surface area contributed by atoms with Crippen LogP contribution in [0.4, 0.5) is 4.39 Å². The number of nitrogens with zero attached hydrogens (tertiary/aromatic N) is 5. The lowest BCUT2D eigenvalue weighted by Gasteiger charge is -2.31. The molecule has 0 spiro atoms. The molecular formula is C27H22FN5O3. The lowest BCUT2D eigenvalue weighted by atomic mass is 9.97. The van der Waals surface area contributed by atoms with Gasteiger partial charge in [0.25, 0.3) is 5.91 Å². The first-order valence-corrected chi connectivity index (χ1v) is 11.7. The smallest absolute Gasteiger partial charge is 0.272 e. The van der Waals surface area contributed by atoms with Gasteiger partial charge >= 0.3 is 0 Å². The van der Waals surface area contributed by atoms with Crippen molar-refractivity contribution < 1.29 is 18.1 Å². The molecule has 6 rings (SSSR count). The van der Waals surface area contributed by atoms with Gasteiger partial charge in [-0.3, -0.25) is 4.79 Å². The van der Waals surface area contributed by atoms with E-state index in [1.54, 1.807) is 40.1 Å². The zero-order valence-electron chi connectivity index (χ0n) is 19.3. The summed E-state index contributed by atoms with van der Waals surface area (Å²) in [5.41, 5.74) is 2.35. The van der Waals surface area contributed by atoms with Gasteiger partial charge in [0.1, 0.15) is 17.2 Å². The fraction of sp³-hybridized carbons (Fsp3) is 0.185. The Labute approximate surface area is 206 Å². The molecule has 1 aliphatic heterocycles. The Morgan fingerprint density at radius 1 is 1.03 bits per heavy atom. The van der Waals surface area contributed by atoms with Gasteiger partial charge in [0.15, 0.2) is 5.76 Å². The second kappa shape index (κ2) is 9.26. The molecule has 5 aromatic rings. The fourth-order valence-electron chi connectivity index (χ4n) is 4.52. The standard InChI is InChI=1S/C27H22FN5O3/c28-20-9-4-7-18(15-20)25-29-26(36-31-25)19-8-5-13-32(17-19)27(34)23-16-22(24-12-6-14-35-24)30-33(23)21-10-2-1-3-11-21/h1-4,6-7,9-12,14-16,19H,5,8,13,17H2. The Morgan fingerprint density at radius 3 is 2.72 bits per heavy atom. The third-order valence-corrected chi connectivity index (χ3v) is 6.29. The van der Waals surface area contributed by atoms with Gasteiger partial charge in [-0.1, -0.05) is 35.5 Å². The van der Waals surface area contributed by atoms with E-state index in [2.05, 4.69) is 15.2 Å². The molecule has 1 unspecified atom stereocenters. The van der Waals surface area contributed by atoms with Crippen LogP contribution < -0.4 is 0 Å². The van der Waals surface area contributed by atoms with Gasteiger partial charge in [0.05, 0.1) is 17.9 Å². The molecule has 0 radical (unpaired) electrons. The first-order chi connectivity index (χ1) is 17.7. The summed E-state index contributed by atoms with van der Waals surface area (Å²) in [7, 11) is 0. The molecule has 0 saturated carbocycles. The number of para-hydroxylation sites is 1. The molecule has 1 amide bonds. The van der Waals surface area contributed by atoms with Crippen LogP contribution in [0.1, 0.15) is 35.1 Å². The Hall–Kier alpha value is -4.53. The predicted octanol–water partition coefficient (Wildman–Crippen LogP) is 5.34. The third kappa shape index (κ3) is 4.19. The van der Waals surface area contributed by atoms with Crippen molar-refractivity contribution in [3.8, 4) is 28.5 Å². The second-order valence-electron chi connectivity index (χ2n) is 8.70. The highest BCUT2D eigenvalue weighted by Crippen LogP contribution is 2.30. The number of hydrogen-bond donors (Lipinski definition) is 0. The Morgan fingerprint density at radius 2 is 1.92 bits per heavy atom. The van der Waals surface area contributed by atoms with Crippen molar-refractivity contribution in [2.24, 2.45) is 0 Å². The van der Waals surface area contributed by atoms with Crippen molar-refractivity contribution in [2.45, 2.75) is 18.8 Å². The number of amides is 1. The third-order valence-electron chi connectivity index (χ3n) is 6.29. The van der Waals surface area contributed by atoms with E-state index >= 15 is 0 Å². The van der Waals surface area contributed by atoms with Crippen LogP contribution in [-0.2, 0) is 0 Å².